The van der Waals surface area contributed by atoms with Crippen LogP contribution in [0, 0.1) is 6.92 Å². The standard InChI is InChI=1S/C27H17F3O5S/c1-16-10-12-20-24(14-16)34-25-15-17(35-36(31,32)27(28,29)30)11-13-21(25)26(20)18-6-2-4-8-22(18)33-23-9-5-3-7-19(23)26/h2-15H,1H3. The number of halogens is 3. The Kier molecular flexibility index (Phi) is 4.69. The van der Waals surface area contributed by atoms with Crippen molar-refractivity contribution in [2.45, 2.75) is 17.8 Å². The maximum absolute atomic E-state index is 13.0. The molecule has 0 saturated carbocycles. The lowest BCUT2D eigenvalue weighted by molar-refractivity contribution is -0.0500. The van der Waals surface area contributed by atoms with Crippen molar-refractivity contribution in [3.8, 4) is 28.7 Å². The Balaban J connectivity index is 1.66. The van der Waals surface area contributed by atoms with Crippen LogP contribution >= 0.6 is 0 Å². The SMILES string of the molecule is Cc1ccc2c(c1)Oc1cc(OS(=O)(=O)C(F)(F)F)ccc1C21c2ccccc2Oc2ccccc21. The highest BCUT2D eigenvalue weighted by Crippen LogP contribution is 2.61. The molecule has 0 fully saturated rings. The van der Waals surface area contributed by atoms with Crippen molar-refractivity contribution in [3.05, 3.63) is 113 Å². The summed E-state index contributed by atoms with van der Waals surface area (Å²) in [5.41, 5.74) is -2.53. The van der Waals surface area contributed by atoms with E-state index in [-0.39, 0.29) is 5.75 Å². The number of ether oxygens (including phenoxy) is 2. The van der Waals surface area contributed by atoms with E-state index >= 15 is 0 Å². The van der Waals surface area contributed by atoms with Crippen molar-refractivity contribution in [1.29, 1.82) is 0 Å². The Morgan fingerprint density at radius 2 is 1.19 bits per heavy atom. The van der Waals surface area contributed by atoms with Gasteiger partial charge in [-0.2, -0.15) is 21.6 Å². The fourth-order valence-corrected chi connectivity index (χ4v) is 5.44. The van der Waals surface area contributed by atoms with E-state index in [0.717, 1.165) is 22.3 Å². The average molecular weight is 510 g/mol. The van der Waals surface area contributed by atoms with Crippen LogP contribution in [0.3, 0.4) is 0 Å². The first-order valence-corrected chi connectivity index (χ1v) is 12.3. The quantitative estimate of drug-likeness (QED) is 0.189. The van der Waals surface area contributed by atoms with E-state index in [0.29, 0.717) is 22.8 Å². The highest BCUT2D eigenvalue weighted by Gasteiger charge is 2.51. The van der Waals surface area contributed by atoms with Gasteiger partial charge >= 0.3 is 15.6 Å². The van der Waals surface area contributed by atoms with Gasteiger partial charge in [0.1, 0.15) is 28.7 Å². The fourth-order valence-electron chi connectivity index (χ4n) is 4.98. The van der Waals surface area contributed by atoms with Crippen molar-refractivity contribution in [2.24, 2.45) is 0 Å². The van der Waals surface area contributed by atoms with Crippen LogP contribution in [0.5, 0.6) is 28.7 Å². The first-order valence-electron chi connectivity index (χ1n) is 10.9. The van der Waals surface area contributed by atoms with Gasteiger partial charge in [0.15, 0.2) is 0 Å². The normalized spacial score (nSPS) is 15.0. The lowest BCUT2D eigenvalue weighted by Crippen LogP contribution is -2.36. The number of para-hydroxylation sites is 2. The summed E-state index contributed by atoms with van der Waals surface area (Å²) in [6.07, 6.45) is 0. The second-order valence-corrected chi connectivity index (χ2v) is 10.1. The van der Waals surface area contributed by atoms with Crippen molar-refractivity contribution >= 4 is 10.1 Å². The molecule has 0 unspecified atom stereocenters. The molecule has 0 aliphatic carbocycles. The van der Waals surface area contributed by atoms with E-state index < -0.39 is 26.8 Å². The van der Waals surface area contributed by atoms with E-state index in [9.17, 15) is 21.6 Å². The van der Waals surface area contributed by atoms with Crippen LogP contribution in [0.1, 0.15) is 27.8 Å². The molecule has 4 aromatic rings. The van der Waals surface area contributed by atoms with Crippen LogP contribution in [-0.4, -0.2) is 13.9 Å². The van der Waals surface area contributed by atoms with Gasteiger partial charge in [-0.3, -0.25) is 0 Å². The van der Waals surface area contributed by atoms with Gasteiger partial charge in [0, 0.05) is 28.3 Å². The monoisotopic (exact) mass is 510 g/mol. The molecule has 9 heteroatoms. The summed E-state index contributed by atoms with van der Waals surface area (Å²) >= 11 is 0. The van der Waals surface area contributed by atoms with Crippen LogP contribution in [0.4, 0.5) is 13.2 Å². The molecular weight excluding hydrogens is 493 g/mol. The molecule has 0 saturated heterocycles. The Labute approximate surface area is 204 Å². The van der Waals surface area contributed by atoms with Crippen molar-refractivity contribution in [1.82, 2.24) is 0 Å². The minimum atomic E-state index is -5.85. The van der Waals surface area contributed by atoms with Crippen molar-refractivity contribution in [2.75, 3.05) is 0 Å². The third-order valence-corrected chi connectivity index (χ3v) is 7.39. The van der Waals surface area contributed by atoms with Gasteiger partial charge in [0.25, 0.3) is 0 Å². The summed E-state index contributed by atoms with van der Waals surface area (Å²) in [4.78, 5) is 0. The zero-order chi connectivity index (χ0) is 25.3. The molecule has 5 nitrogen and oxygen atoms in total. The first-order chi connectivity index (χ1) is 17.1. The van der Waals surface area contributed by atoms with Crippen LogP contribution < -0.4 is 13.7 Å². The second-order valence-electron chi connectivity index (χ2n) is 8.59. The molecule has 4 aromatic carbocycles. The summed E-state index contributed by atoms with van der Waals surface area (Å²) in [6, 6.07) is 24.7. The molecule has 2 aliphatic rings. The second kappa shape index (κ2) is 7.51. The van der Waals surface area contributed by atoms with Gasteiger partial charge in [0.05, 0.1) is 5.41 Å². The molecule has 36 heavy (non-hydrogen) atoms. The number of fused-ring (bicyclic) bond motifs is 8. The molecule has 0 radical (unpaired) electrons. The summed E-state index contributed by atoms with van der Waals surface area (Å²) in [6.45, 7) is 1.90. The molecule has 2 heterocycles. The summed E-state index contributed by atoms with van der Waals surface area (Å²) in [5.74, 6) is 1.40. The Hall–Kier alpha value is -3.98. The third kappa shape index (κ3) is 3.12. The van der Waals surface area contributed by atoms with Gasteiger partial charge in [-0.15, -0.1) is 0 Å². The largest absolute Gasteiger partial charge is 0.534 e. The smallest absolute Gasteiger partial charge is 0.457 e. The highest BCUT2D eigenvalue weighted by molar-refractivity contribution is 7.88. The highest BCUT2D eigenvalue weighted by atomic mass is 32.2. The van der Waals surface area contributed by atoms with Gasteiger partial charge in [0.2, 0.25) is 0 Å². The first kappa shape index (κ1) is 22.5. The number of hydrogen-bond donors (Lipinski definition) is 0. The molecule has 0 N–H and O–H groups in total. The molecule has 182 valence electrons. The zero-order valence-electron chi connectivity index (χ0n) is 18.7. The number of hydrogen-bond acceptors (Lipinski definition) is 5. The van der Waals surface area contributed by atoms with E-state index in [1.165, 1.54) is 18.2 Å². The molecule has 0 amide bonds. The number of rotatable bonds is 2. The van der Waals surface area contributed by atoms with E-state index in [1.807, 2.05) is 73.7 Å². The van der Waals surface area contributed by atoms with Crippen molar-refractivity contribution in [3.63, 3.8) is 0 Å². The maximum Gasteiger partial charge on any atom is 0.534 e. The Bertz CT molecular complexity index is 1600. The van der Waals surface area contributed by atoms with E-state index in [1.54, 1.807) is 0 Å². The number of benzene rings is 4. The van der Waals surface area contributed by atoms with Gasteiger partial charge in [-0.25, -0.2) is 0 Å². The maximum atomic E-state index is 13.0. The summed E-state index contributed by atoms with van der Waals surface area (Å²) < 4.78 is 79.0. The number of aryl methyl sites for hydroxylation is 1. The molecule has 0 atom stereocenters. The van der Waals surface area contributed by atoms with Gasteiger partial charge < -0.3 is 13.7 Å². The zero-order valence-corrected chi connectivity index (χ0v) is 19.5. The summed E-state index contributed by atoms with van der Waals surface area (Å²) in [7, 11) is -5.85. The van der Waals surface area contributed by atoms with Gasteiger partial charge in [-0.1, -0.05) is 48.5 Å². The molecule has 2 aliphatic heterocycles. The minimum absolute atomic E-state index is 0.175. The predicted octanol–water partition coefficient (Wildman–Crippen LogP) is 6.82. The van der Waals surface area contributed by atoms with Crippen LogP contribution in [0.25, 0.3) is 0 Å². The van der Waals surface area contributed by atoms with Crippen LogP contribution in [0.15, 0.2) is 84.9 Å². The number of alkyl halides is 3. The Morgan fingerprint density at radius 3 is 1.81 bits per heavy atom. The molecule has 1 spiro atoms. The van der Waals surface area contributed by atoms with E-state index in [4.69, 9.17) is 9.47 Å². The van der Waals surface area contributed by atoms with Crippen LogP contribution in [-0.2, 0) is 15.5 Å². The molecule has 0 bridgehead atoms. The van der Waals surface area contributed by atoms with Crippen molar-refractivity contribution < 1.29 is 35.2 Å². The van der Waals surface area contributed by atoms with E-state index in [2.05, 4.69) is 4.18 Å². The lowest BCUT2D eigenvalue weighted by atomic mass is 9.62. The summed E-state index contributed by atoms with van der Waals surface area (Å²) in [5, 5.41) is 0. The predicted molar refractivity (Wildman–Crippen MR) is 125 cm³/mol. The van der Waals surface area contributed by atoms with Gasteiger partial charge in [-0.05, 0) is 42.8 Å². The topological polar surface area (TPSA) is 61.8 Å². The molecular formula is C27H17F3O5S. The lowest BCUT2D eigenvalue weighted by Gasteiger charge is -2.44. The molecule has 6 rings (SSSR count). The average Bonchev–Trinajstić information content (AvgIpc) is 2.82. The third-order valence-electron chi connectivity index (χ3n) is 6.41. The fraction of sp³-hybridized carbons (Fsp3) is 0.111. The molecule has 0 aromatic heterocycles. The Morgan fingerprint density at radius 1 is 0.694 bits per heavy atom. The minimum Gasteiger partial charge on any atom is -0.457 e. The van der Waals surface area contributed by atoms with Crippen LogP contribution in [0.2, 0.25) is 0 Å².